The third kappa shape index (κ3) is 6.06. The molecule has 1 amide bonds. The fourth-order valence-corrected chi connectivity index (χ4v) is 2.52. The Morgan fingerprint density at radius 3 is 2.91 bits per heavy atom. The van der Waals surface area contributed by atoms with Gasteiger partial charge in [-0.25, -0.2) is 4.39 Å². The molecular weight excluding hydrogens is 323 g/mol. The number of carbonyl (C=O) groups excluding carboxylic acids is 1. The van der Waals surface area contributed by atoms with Crippen LogP contribution in [-0.4, -0.2) is 56.9 Å². The molecule has 5 nitrogen and oxygen atoms in total. The molecule has 1 atom stereocenters. The Labute approximate surface area is 142 Å². The largest absolute Gasteiger partial charge is 0.379 e. The first kappa shape index (κ1) is 19.8. The smallest absolute Gasteiger partial charge is 0.249 e. The van der Waals surface area contributed by atoms with Gasteiger partial charge in [-0.1, -0.05) is 12.1 Å². The van der Waals surface area contributed by atoms with E-state index in [-0.39, 0.29) is 36.8 Å². The van der Waals surface area contributed by atoms with E-state index >= 15 is 0 Å². The van der Waals surface area contributed by atoms with Crippen LogP contribution in [0.1, 0.15) is 18.5 Å². The van der Waals surface area contributed by atoms with E-state index in [1.165, 1.54) is 12.1 Å². The van der Waals surface area contributed by atoms with Crippen LogP contribution >= 0.6 is 12.4 Å². The molecule has 0 aromatic heterocycles. The van der Waals surface area contributed by atoms with Gasteiger partial charge in [-0.3, -0.25) is 4.79 Å². The average molecular weight is 347 g/mol. The van der Waals surface area contributed by atoms with Gasteiger partial charge in [0.1, 0.15) is 12.4 Å². The minimum Gasteiger partial charge on any atom is -0.379 e. The van der Waals surface area contributed by atoms with Crippen molar-refractivity contribution >= 4 is 18.3 Å². The highest BCUT2D eigenvalue weighted by Crippen LogP contribution is 2.23. The highest BCUT2D eigenvalue weighted by molar-refractivity contribution is 5.85. The summed E-state index contributed by atoms with van der Waals surface area (Å²) in [6.45, 7) is 5.40. The number of nitrogens with one attached hydrogen (secondary N) is 1. The van der Waals surface area contributed by atoms with E-state index in [0.29, 0.717) is 32.9 Å². The highest BCUT2D eigenvalue weighted by Gasteiger charge is 2.27. The van der Waals surface area contributed by atoms with Gasteiger partial charge in [0.2, 0.25) is 5.91 Å². The monoisotopic (exact) mass is 346 g/mol. The van der Waals surface area contributed by atoms with Crippen LogP contribution in [0.4, 0.5) is 4.39 Å². The Bertz CT molecular complexity index is 490. The Morgan fingerprint density at radius 1 is 1.39 bits per heavy atom. The van der Waals surface area contributed by atoms with E-state index < -0.39 is 0 Å². The van der Waals surface area contributed by atoms with Gasteiger partial charge in [0.05, 0.1) is 19.3 Å². The molecule has 1 saturated heterocycles. The second-order valence-corrected chi connectivity index (χ2v) is 5.11. The van der Waals surface area contributed by atoms with Crippen LogP contribution in [0.15, 0.2) is 24.3 Å². The summed E-state index contributed by atoms with van der Waals surface area (Å²) in [6, 6.07) is 6.24. The lowest BCUT2D eigenvalue weighted by molar-refractivity contribution is -0.140. The fraction of sp³-hybridized carbons (Fsp3) is 0.562. The molecule has 0 bridgehead atoms. The predicted molar refractivity (Wildman–Crippen MR) is 88.3 cm³/mol. The van der Waals surface area contributed by atoms with Gasteiger partial charge >= 0.3 is 0 Å². The number of carbonyl (C=O) groups is 1. The van der Waals surface area contributed by atoms with Gasteiger partial charge < -0.3 is 19.7 Å². The Morgan fingerprint density at radius 2 is 2.17 bits per heavy atom. The number of hydrogen-bond donors (Lipinski definition) is 1. The van der Waals surface area contributed by atoms with E-state index in [0.717, 1.165) is 12.1 Å². The standard InChI is InChI=1S/C16H23FN2O3.ClH/c1-2-21-8-9-22-12-16(20)19-7-6-18-11-15(19)13-4-3-5-14(17)10-13;/h3-5,10,15,18H,2,6-9,11-12H2,1H3;1H. The molecule has 1 aromatic carbocycles. The van der Waals surface area contributed by atoms with Crippen LogP contribution in [0.5, 0.6) is 0 Å². The molecule has 23 heavy (non-hydrogen) atoms. The average Bonchev–Trinajstić information content (AvgIpc) is 2.54. The number of benzene rings is 1. The van der Waals surface area contributed by atoms with Crippen molar-refractivity contribution < 1.29 is 18.7 Å². The first-order valence-electron chi connectivity index (χ1n) is 7.63. The normalized spacial score (nSPS) is 17.7. The third-order valence-electron chi connectivity index (χ3n) is 3.60. The van der Waals surface area contributed by atoms with Gasteiger partial charge in [-0.2, -0.15) is 0 Å². The quantitative estimate of drug-likeness (QED) is 0.765. The Kier molecular flexibility index (Phi) is 9.09. The molecule has 7 heteroatoms. The topological polar surface area (TPSA) is 50.8 Å². The second kappa shape index (κ2) is 10.5. The van der Waals surface area contributed by atoms with Crippen LogP contribution in [0.25, 0.3) is 0 Å². The van der Waals surface area contributed by atoms with Crippen molar-refractivity contribution in [3.63, 3.8) is 0 Å². The summed E-state index contributed by atoms with van der Waals surface area (Å²) in [6.07, 6.45) is 0. The summed E-state index contributed by atoms with van der Waals surface area (Å²) in [4.78, 5) is 14.1. The number of nitrogens with zero attached hydrogens (tertiary/aromatic N) is 1. The molecule has 0 radical (unpaired) electrons. The molecule has 130 valence electrons. The van der Waals surface area contributed by atoms with Crippen LogP contribution in [-0.2, 0) is 14.3 Å². The minimum atomic E-state index is -0.288. The maximum atomic E-state index is 13.4. The molecule has 2 rings (SSSR count). The zero-order valence-electron chi connectivity index (χ0n) is 13.3. The van der Waals surface area contributed by atoms with E-state index in [9.17, 15) is 9.18 Å². The van der Waals surface area contributed by atoms with Crippen LogP contribution < -0.4 is 5.32 Å². The van der Waals surface area contributed by atoms with Crippen molar-refractivity contribution in [1.82, 2.24) is 10.2 Å². The van der Waals surface area contributed by atoms with Crippen molar-refractivity contribution in [2.75, 3.05) is 46.1 Å². The molecule has 1 heterocycles. The number of hydrogen-bond acceptors (Lipinski definition) is 4. The summed E-state index contributed by atoms with van der Waals surface area (Å²) in [7, 11) is 0. The van der Waals surface area contributed by atoms with Crippen molar-refractivity contribution in [3.8, 4) is 0 Å². The van der Waals surface area contributed by atoms with E-state index in [4.69, 9.17) is 9.47 Å². The van der Waals surface area contributed by atoms with Crippen LogP contribution in [0, 0.1) is 5.82 Å². The van der Waals surface area contributed by atoms with Crippen molar-refractivity contribution in [2.24, 2.45) is 0 Å². The molecule has 1 aliphatic heterocycles. The third-order valence-corrected chi connectivity index (χ3v) is 3.60. The summed E-state index contributed by atoms with van der Waals surface area (Å²) < 4.78 is 23.9. The fourth-order valence-electron chi connectivity index (χ4n) is 2.52. The molecule has 1 N–H and O–H groups in total. The summed E-state index contributed by atoms with van der Waals surface area (Å²) in [5, 5.41) is 3.24. The molecule has 0 spiro atoms. The summed E-state index contributed by atoms with van der Waals surface area (Å²) in [5.74, 6) is -0.365. The van der Waals surface area contributed by atoms with Crippen molar-refractivity contribution in [2.45, 2.75) is 13.0 Å². The molecule has 1 aromatic rings. The molecular formula is C16H24ClFN2O3. The number of halogens is 2. The summed E-state index contributed by atoms with van der Waals surface area (Å²) >= 11 is 0. The number of rotatable bonds is 7. The molecule has 1 fully saturated rings. The van der Waals surface area contributed by atoms with Crippen LogP contribution in [0.3, 0.4) is 0 Å². The lowest BCUT2D eigenvalue weighted by Crippen LogP contribution is -2.49. The molecule has 1 unspecified atom stereocenters. The van der Waals surface area contributed by atoms with E-state index in [2.05, 4.69) is 5.32 Å². The first-order valence-corrected chi connectivity index (χ1v) is 7.63. The lowest BCUT2D eigenvalue weighted by Gasteiger charge is -2.36. The van der Waals surface area contributed by atoms with E-state index in [1.807, 2.05) is 13.0 Å². The van der Waals surface area contributed by atoms with Crippen LogP contribution in [0.2, 0.25) is 0 Å². The maximum absolute atomic E-state index is 13.4. The van der Waals surface area contributed by atoms with Gasteiger partial charge in [0.15, 0.2) is 0 Å². The molecule has 1 aliphatic rings. The Balaban J connectivity index is 0.00000264. The zero-order valence-corrected chi connectivity index (χ0v) is 14.1. The van der Waals surface area contributed by atoms with Gasteiger partial charge in [-0.15, -0.1) is 12.4 Å². The minimum absolute atomic E-state index is 0. The van der Waals surface area contributed by atoms with Crippen molar-refractivity contribution in [1.29, 1.82) is 0 Å². The van der Waals surface area contributed by atoms with E-state index in [1.54, 1.807) is 11.0 Å². The SMILES string of the molecule is CCOCCOCC(=O)N1CCNCC1c1cccc(F)c1.Cl. The van der Waals surface area contributed by atoms with Crippen molar-refractivity contribution in [3.05, 3.63) is 35.6 Å². The second-order valence-electron chi connectivity index (χ2n) is 5.11. The molecule has 0 aliphatic carbocycles. The number of ether oxygens (including phenoxy) is 2. The van der Waals surface area contributed by atoms with Gasteiger partial charge in [-0.05, 0) is 24.6 Å². The predicted octanol–water partition coefficient (Wildman–Crippen LogP) is 1.77. The number of amides is 1. The number of piperazine rings is 1. The first-order chi connectivity index (χ1) is 10.7. The lowest BCUT2D eigenvalue weighted by atomic mass is 10.0. The van der Waals surface area contributed by atoms with Gasteiger partial charge in [0, 0.05) is 26.2 Å². The Hall–Kier alpha value is -1.21. The summed E-state index contributed by atoms with van der Waals surface area (Å²) in [5.41, 5.74) is 0.801. The zero-order chi connectivity index (χ0) is 15.8. The maximum Gasteiger partial charge on any atom is 0.249 e. The highest BCUT2D eigenvalue weighted by atomic mass is 35.5. The van der Waals surface area contributed by atoms with Gasteiger partial charge in [0.25, 0.3) is 0 Å². The molecule has 0 saturated carbocycles.